The van der Waals surface area contributed by atoms with Gasteiger partial charge < -0.3 is 14.2 Å². The third-order valence-electron chi connectivity index (χ3n) is 1.90. The van der Waals surface area contributed by atoms with E-state index in [-0.39, 0.29) is 12.1 Å². The Balaban J connectivity index is 3.14. The predicted octanol–water partition coefficient (Wildman–Crippen LogP) is -0.812. The summed E-state index contributed by atoms with van der Waals surface area (Å²) >= 11 is 0. The summed E-state index contributed by atoms with van der Waals surface area (Å²) in [6.45, 7) is 3.08. The van der Waals surface area contributed by atoms with Crippen LogP contribution in [0.25, 0.3) is 0 Å². The van der Waals surface area contributed by atoms with Gasteiger partial charge in [0.1, 0.15) is 0 Å². The molecule has 0 atom stereocenters. The van der Waals surface area contributed by atoms with Crippen molar-refractivity contribution in [2.75, 3.05) is 0 Å². The second-order valence-electron chi connectivity index (χ2n) is 3.06. The van der Waals surface area contributed by atoms with Crippen LogP contribution in [0.4, 0.5) is 0 Å². The van der Waals surface area contributed by atoms with Gasteiger partial charge in [0.15, 0.2) is 0 Å². The number of hydrogen-bond donors (Lipinski definition) is 1. The van der Waals surface area contributed by atoms with Crippen LogP contribution in [0.5, 0.6) is 0 Å². The van der Waals surface area contributed by atoms with Crippen molar-refractivity contribution in [1.82, 2.24) is 9.13 Å². The van der Waals surface area contributed by atoms with Crippen molar-refractivity contribution in [2.24, 2.45) is 7.05 Å². The largest absolute Gasteiger partial charge is 0.478 e. The van der Waals surface area contributed by atoms with Gasteiger partial charge in [0.25, 0.3) is 0 Å². The molecule has 6 nitrogen and oxygen atoms in total. The molecule has 0 aliphatic carbocycles. The molecule has 80 valence electrons. The minimum atomic E-state index is -1.19. The molecule has 1 heterocycles. The first kappa shape index (κ1) is 11.0. The number of aliphatic carboxylic acids is 1. The Morgan fingerprint density at radius 1 is 1.40 bits per heavy atom. The number of aryl methyl sites for hydroxylation is 1. The highest BCUT2D eigenvalue weighted by Crippen LogP contribution is 1.93. The fourth-order valence-corrected chi connectivity index (χ4v) is 0.987. The van der Waals surface area contributed by atoms with Crippen molar-refractivity contribution in [3.05, 3.63) is 45.3 Å². The predicted molar refractivity (Wildman–Crippen MR) is 52.7 cm³/mol. The van der Waals surface area contributed by atoms with E-state index in [0.717, 1.165) is 9.13 Å². The standard InChI is InChI=1S/C9H10N2O4/c1-6(9(14)15)5-11-4-3-10(2)7(12)8(11)13/h3-4H,1,5H2,2H3,(H,14,15). The average molecular weight is 210 g/mol. The van der Waals surface area contributed by atoms with Crippen molar-refractivity contribution >= 4 is 5.97 Å². The van der Waals surface area contributed by atoms with Crippen LogP contribution in [-0.2, 0) is 18.4 Å². The Bertz CT molecular complexity index is 524. The topological polar surface area (TPSA) is 81.3 Å². The summed E-state index contributed by atoms with van der Waals surface area (Å²) in [6, 6.07) is 0. The van der Waals surface area contributed by atoms with Crippen molar-refractivity contribution in [3.8, 4) is 0 Å². The average Bonchev–Trinajstić information content (AvgIpc) is 2.18. The fourth-order valence-electron chi connectivity index (χ4n) is 0.987. The zero-order valence-corrected chi connectivity index (χ0v) is 8.14. The number of nitrogens with zero attached hydrogens (tertiary/aromatic N) is 2. The lowest BCUT2D eigenvalue weighted by Gasteiger charge is -2.05. The second-order valence-corrected chi connectivity index (χ2v) is 3.06. The maximum atomic E-state index is 11.3. The molecule has 0 bridgehead atoms. The highest BCUT2D eigenvalue weighted by Gasteiger charge is 2.07. The van der Waals surface area contributed by atoms with E-state index in [1.807, 2.05) is 0 Å². The Morgan fingerprint density at radius 2 is 2.00 bits per heavy atom. The molecular formula is C9H10N2O4. The van der Waals surface area contributed by atoms with Crippen molar-refractivity contribution in [2.45, 2.75) is 6.54 Å². The van der Waals surface area contributed by atoms with E-state index in [4.69, 9.17) is 5.11 Å². The summed E-state index contributed by atoms with van der Waals surface area (Å²) < 4.78 is 2.14. The molecule has 1 N–H and O–H groups in total. The second kappa shape index (κ2) is 3.95. The van der Waals surface area contributed by atoms with Crippen LogP contribution in [0.3, 0.4) is 0 Å². The lowest BCUT2D eigenvalue weighted by Crippen LogP contribution is -2.40. The van der Waals surface area contributed by atoms with Crippen molar-refractivity contribution < 1.29 is 9.90 Å². The summed E-state index contributed by atoms with van der Waals surface area (Å²) in [5, 5.41) is 8.56. The van der Waals surface area contributed by atoms with Crippen molar-refractivity contribution in [1.29, 1.82) is 0 Å². The van der Waals surface area contributed by atoms with Crippen molar-refractivity contribution in [3.63, 3.8) is 0 Å². The van der Waals surface area contributed by atoms with E-state index in [9.17, 15) is 14.4 Å². The first-order valence-corrected chi connectivity index (χ1v) is 4.10. The van der Waals surface area contributed by atoms with Gasteiger partial charge in [-0.3, -0.25) is 9.59 Å². The Hall–Kier alpha value is -2.11. The number of carboxylic acids is 1. The number of aromatic nitrogens is 2. The fraction of sp³-hybridized carbons (Fsp3) is 0.222. The summed E-state index contributed by atoms with van der Waals surface area (Å²) in [5.74, 6) is -1.19. The molecule has 0 saturated carbocycles. The van der Waals surface area contributed by atoms with Gasteiger partial charge >= 0.3 is 17.1 Å². The zero-order valence-electron chi connectivity index (χ0n) is 8.14. The Labute approximate surface area is 84.7 Å². The smallest absolute Gasteiger partial charge is 0.332 e. The zero-order chi connectivity index (χ0) is 11.6. The maximum absolute atomic E-state index is 11.3. The molecule has 1 aromatic rings. The maximum Gasteiger partial charge on any atom is 0.332 e. The molecule has 6 heteroatoms. The molecule has 0 amide bonds. The molecule has 0 aromatic carbocycles. The van der Waals surface area contributed by atoms with Crippen LogP contribution in [-0.4, -0.2) is 20.2 Å². The molecule has 1 rings (SSSR count). The molecule has 15 heavy (non-hydrogen) atoms. The first-order valence-electron chi connectivity index (χ1n) is 4.10. The van der Waals surface area contributed by atoms with Gasteiger partial charge in [0.2, 0.25) is 0 Å². The first-order chi connectivity index (χ1) is 6.93. The molecular weight excluding hydrogens is 200 g/mol. The van der Waals surface area contributed by atoms with Crippen LogP contribution >= 0.6 is 0 Å². The van der Waals surface area contributed by atoms with Gasteiger partial charge in [0.05, 0.1) is 6.54 Å². The van der Waals surface area contributed by atoms with Crippen LogP contribution in [0.2, 0.25) is 0 Å². The number of carbonyl (C=O) groups is 1. The van der Waals surface area contributed by atoms with Gasteiger partial charge in [-0.25, -0.2) is 4.79 Å². The molecule has 0 aliphatic rings. The quantitative estimate of drug-likeness (QED) is 0.522. The molecule has 0 aliphatic heterocycles. The van der Waals surface area contributed by atoms with E-state index >= 15 is 0 Å². The van der Waals surface area contributed by atoms with Gasteiger partial charge in [0, 0.05) is 25.0 Å². The normalized spacial score (nSPS) is 9.93. The van der Waals surface area contributed by atoms with Crippen LogP contribution in [0, 0.1) is 0 Å². The number of rotatable bonds is 3. The molecule has 0 unspecified atom stereocenters. The van der Waals surface area contributed by atoms with E-state index in [0.29, 0.717) is 0 Å². The summed E-state index contributed by atoms with van der Waals surface area (Å²) in [6.07, 6.45) is 2.73. The van der Waals surface area contributed by atoms with E-state index < -0.39 is 17.1 Å². The Kier molecular flexibility index (Phi) is 2.89. The minimum absolute atomic E-state index is 0.148. The van der Waals surface area contributed by atoms with Crippen LogP contribution in [0.1, 0.15) is 0 Å². The SMILES string of the molecule is C=C(Cn1ccn(C)c(=O)c1=O)C(=O)O. The number of carboxylic acid groups (broad SMARTS) is 1. The molecule has 0 radical (unpaired) electrons. The van der Waals surface area contributed by atoms with Crippen LogP contribution < -0.4 is 11.1 Å². The molecule has 0 saturated heterocycles. The summed E-state index contributed by atoms with van der Waals surface area (Å²) in [4.78, 5) is 33.0. The summed E-state index contributed by atoms with van der Waals surface area (Å²) in [5.41, 5.74) is -1.61. The summed E-state index contributed by atoms with van der Waals surface area (Å²) in [7, 11) is 1.44. The molecule has 0 fully saturated rings. The highest BCUT2D eigenvalue weighted by atomic mass is 16.4. The Morgan fingerprint density at radius 3 is 2.53 bits per heavy atom. The van der Waals surface area contributed by atoms with E-state index in [1.54, 1.807) is 0 Å². The third-order valence-corrected chi connectivity index (χ3v) is 1.90. The van der Waals surface area contributed by atoms with Gasteiger partial charge in [-0.15, -0.1) is 0 Å². The lowest BCUT2D eigenvalue weighted by atomic mass is 10.3. The highest BCUT2D eigenvalue weighted by molar-refractivity contribution is 5.85. The van der Waals surface area contributed by atoms with Crippen LogP contribution in [0.15, 0.2) is 34.1 Å². The minimum Gasteiger partial charge on any atom is -0.478 e. The third kappa shape index (κ3) is 2.22. The monoisotopic (exact) mass is 210 g/mol. The number of hydrogen-bond acceptors (Lipinski definition) is 3. The van der Waals surface area contributed by atoms with Gasteiger partial charge in [-0.2, -0.15) is 0 Å². The molecule has 0 spiro atoms. The lowest BCUT2D eigenvalue weighted by molar-refractivity contribution is -0.132. The van der Waals surface area contributed by atoms with Gasteiger partial charge in [-0.05, 0) is 0 Å². The van der Waals surface area contributed by atoms with E-state index in [1.165, 1.54) is 19.4 Å². The molecule has 1 aromatic heterocycles. The van der Waals surface area contributed by atoms with E-state index in [2.05, 4.69) is 6.58 Å². The van der Waals surface area contributed by atoms with Gasteiger partial charge in [-0.1, -0.05) is 6.58 Å².